The molecule has 1 aromatic heterocycles. The molecule has 1 atom stereocenters. The third kappa shape index (κ3) is 4.92. The Morgan fingerprint density at radius 1 is 1.28 bits per heavy atom. The molecule has 25 heavy (non-hydrogen) atoms. The number of carbonyl (C=O) groups is 2. The van der Waals surface area contributed by atoms with E-state index in [9.17, 15) is 9.59 Å². The SMILES string of the molecule is CCOC(=O)C(Cc1ccccc1)NC(=O)c1n[nH]c(C(C)C)c1Br. The van der Waals surface area contributed by atoms with E-state index in [2.05, 4.69) is 31.4 Å². The number of H-pyrrole nitrogens is 1. The fourth-order valence-corrected chi connectivity index (χ4v) is 3.20. The van der Waals surface area contributed by atoms with Crippen LogP contribution in [-0.2, 0) is 16.0 Å². The van der Waals surface area contributed by atoms with Crippen LogP contribution in [0.5, 0.6) is 0 Å². The van der Waals surface area contributed by atoms with Gasteiger partial charge in [-0.15, -0.1) is 0 Å². The smallest absolute Gasteiger partial charge is 0.328 e. The first kappa shape index (κ1) is 19.2. The van der Waals surface area contributed by atoms with Gasteiger partial charge in [0.2, 0.25) is 0 Å². The van der Waals surface area contributed by atoms with Gasteiger partial charge in [0, 0.05) is 6.42 Å². The van der Waals surface area contributed by atoms with Crippen molar-refractivity contribution >= 4 is 27.8 Å². The summed E-state index contributed by atoms with van der Waals surface area (Å²) in [5, 5.41) is 9.66. The number of rotatable bonds is 7. The minimum Gasteiger partial charge on any atom is -0.464 e. The van der Waals surface area contributed by atoms with Crippen LogP contribution in [0.1, 0.15) is 48.4 Å². The van der Waals surface area contributed by atoms with Gasteiger partial charge >= 0.3 is 5.97 Å². The molecular formula is C18H22BrN3O3. The Morgan fingerprint density at radius 3 is 2.52 bits per heavy atom. The molecule has 2 aromatic rings. The lowest BCUT2D eigenvalue weighted by atomic mass is 10.1. The number of amides is 1. The Kier molecular flexibility index (Phi) is 6.75. The average Bonchev–Trinajstić information content (AvgIpc) is 2.97. The summed E-state index contributed by atoms with van der Waals surface area (Å²) >= 11 is 3.41. The minimum atomic E-state index is -0.777. The molecule has 0 aliphatic heterocycles. The monoisotopic (exact) mass is 407 g/mol. The van der Waals surface area contributed by atoms with E-state index in [1.165, 1.54) is 0 Å². The van der Waals surface area contributed by atoms with Crippen molar-refractivity contribution in [2.45, 2.75) is 39.2 Å². The maximum atomic E-state index is 12.6. The predicted octanol–water partition coefficient (Wildman–Crippen LogP) is 3.20. The molecule has 0 aliphatic rings. The Hall–Kier alpha value is -2.15. The van der Waals surface area contributed by atoms with Crippen LogP contribution in [0.15, 0.2) is 34.8 Å². The van der Waals surface area contributed by atoms with Gasteiger partial charge in [-0.05, 0) is 34.3 Å². The second-order valence-corrected chi connectivity index (χ2v) is 6.72. The van der Waals surface area contributed by atoms with Gasteiger partial charge in [-0.3, -0.25) is 9.89 Å². The van der Waals surface area contributed by atoms with Crippen molar-refractivity contribution in [3.05, 3.63) is 51.8 Å². The molecule has 134 valence electrons. The lowest BCUT2D eigenvalue weighted by molar-refractivity contribution is -0.145. The van der Waals surface area contributed by atoms with Crippen molar-refractivity contribution < 1.29 is 14.3 Å². The lowest BCUT2D eigenvalue weighted by Gasteiger charge is -2.17. The summed E-state index contributed by atoms with van der Waals surface area (Å²) in [7, 11) is 0. The zero-order valence-corrected chi connectivity index (χ0v) is 16.1. The first-order chi connectivity index (χ1) is 11.9. The van der Waals surface area contributed by atoms with E-state index in [1.807, 2.05) is 44.2 Å². The largest absolute Gasteiger partial charge is 0.464 e. The van der Waals surface area contributed by atoms with Gasteiger partial charge in [0.1, 0.15) is 6.04 Å². The normalized spacial score (nSPS) is 12.0. The molecule has 2 N–H and O–H groups in total. The molecule has 1 aromatic carbocycles. The zero-order valence-electron chi connectivity index (χ0n) is 14.5. The molecule has 0 aliphatic carbocycles. The number of aromatic nitrogens is 2. The van der Waals surface area contributed by atoms with Crippen LogP contribution in [0, 0.1) is 0 Å². The second-order valence-electron chi connectivity index (χ2n) is 5.92. The lowest BCUT2D eigenvalue weighted by Crippen LogP contribution is -2.43. The van der Waals surface area contributed by atoms with E-state index < -0.39 is 17.9 Å². The average molecular weight is 408 g/mol. The minimum absolute atomic E-state index is 0.189. The van der Waals surface area contributed by atoms with Crippen molar-refractivity contribution in [2.24, 2.45) is 0 Å². The van der Waals surface area contributed by atoms with Crippen LogP contribution in [-0.4, -0.2) is 34.7 Å². The van der Waals surface area contributed by atoms with Crippen LogP contribution in [0.4, 0.5) is 0 Å². The number of nitrogens with one attached hydrogen (secondary N) is 2. The third-order valence-electron chi connectivity index (χ3n) is 3.68. The molecule has 2 rings (SSSR count). The topological polar surface area (TPSA) is 84.1 Å². The summed E-state index contributed by atoms with van der Waals surface area (Å²) < 4.78 is 5.71. The summed E-state index contributed by atoms with van der Waals surface area (Å²) in [5.74, 6) is -0.701. The molecular weight excluding hydrogens is 386 g/mol. The number of hydrogen-bond acceptors (Lipinski definition) is 4. The van der Waals surface area contributed by atoms with E-state index in [-0.39, 0.29) is 18.2 Å². The predicted molar refractivity (Wildman–Crippen MR) is 98.4 cm³/mol. The van der Waals surface area contributed by atoms with Crippen LogP contribution in [0.3, 0.4) is 0 Å². The Labute approximate surface area is 155 Å². The van der Waals surface area contributed by atoms with E-state index in [0.29, 0.717) is 10.9 Å². The molecule has 0 fully saturated rings. The number of carbonyl (C=O) groups excluding carboxylic acids is 2. The molecule has 1 heterocycles. The number of esters is 1. The Morgan fingerprint density at radius 2 is 1.96 bits per heavy atom. The Balaban J connectivity index is 2.18. The third-order valence-corrected chi connectivity index (χ3v) is 4.49. The van der Waals surface area contributed by atoms with Crippen LogP contribution in [0.25, 0.3) is 0 Å². The first-order valence-corrected chi connectivity index (χ1v) is 8.98. The van der Waals surface area contributed by atoms with E-state index in [4.69, 9.17) is 4.74 Å². The first-order valence-electron chi connectivity index (χ1n) is 8.19. The number of aromatic amines is 1. The van der Waals surface area contributed by atoms with Gasteiger partial charge < -0.3 is 10.1 Å². The number of ether oxygens (including phenoxy) is 1. The van der Waals surface area contributed by atoms with Gasteiger partial charge in [0.25, 0.3) is 5.91 Å². The number of halogens is 1. The Bertz CT molecular complexity index is 728. The highest BCUT2D eigenvalue weighted by molar-refractivity contribution is 9.10. The number of benzene rings is 1. The maximum Gasteiger partial charge on any atom is 0.328 e. The fraction of sp³-hybridized carbons (Fsp3) is 0.389. The molecule has 1 amide bonds. The zero-order chi connectivity index (χ0) is 18.4. The van der Waals surface area contributed by atoms with Gasteiger partial charge in [0.15, 0.2) is 5.69 Å². The standard InChI is InChI=1S/C18H22BrN3O3/c1-4-25-18(24)13(10-12-8-6-5-7-9-12)20-17(23)16-14(19)15(11(2)3)21-22-16/h5-9,11,13H,4,10H2,1-3H3,(H,20,23)(H,21,22). The number of nitrogens with zero attached hydrogens (tertiary/aromatic N) is 1. The van der Waals surface area contributed by atoms with Crippen LogP contribution >= 0.6 is 15.9 Å². The fourth-order valence-electron chi connectivity index (χ4n) is 2.39. The van der Waals surface area contributed by atoms with Crippen molar-refractivity contribution in [1.82, 2.24) is 15.5 Å². The summed E-state index contributed by atoms with van der Waals surface area (Å²) in [4.78, 5) is 24.8. The highest BCUT2D eigenvalue weighted by atomic mass is 79.9. The van der Waals surface area contributed by atoms with E-state index in [1.54, 1.807) is 6.92 Å². The molecule has 0 saturated carbocycles. The molecule has 1 unspecified atom stereocenters. The van der Waals surface area contributed by atoms with Gasteiger partial charge in [-0.25, -0.2) is 4.79 Å². The molecule has 0 radical (unpaired) electrons. The highest BCUT2D eigenvalue weighted by Gasteiger charge is 2.26. The summed E-state index contributed by atoms with van der Waals surface area (Å²) in [6, 6.07) is 8.70. The van der Waals surface area contributed by atoms with Crippen molar-refractivity contribution in [2.75, 3.05) is 6.61 Å². The summed E-state index contributed by atoms with van der Waals surface area (Å²) in [6.45, 7) is 5.98. The molecule has 0 bridgehead atoms. The molecule has 0 saturated heterocycles. The molecule has 7 heteroatoms. The van der Waals surface area contributed by atoms with Crippen molar-refractivity contribution in [1.29, 1.82) is 0 Å². The molecule has 0 spiro atoms. The van der Waals surface area contributed by atoms with Gasteiger partial charge in [-0.1, -0.05) is 44.2 Å². The highest BCUT2D eigenvalue weighted by Crippen LogP contribution is 2.25. The van der Waals surface area contributed by atoms with Crippen molar-refractivity contribution in [3.63, 3.8) is 0 Å². The second kappa shape index (κ2) is 8.80. The summed E-state index contributed by atoms with van der Waals surface area (Å²) in [5.41, 5.74) is 2.00. The van der Waals surface area contributed by atoms with Crippen LogP contribution in [0.2, 0.25) is 0 Å². The van der Waals surface area contributed by atoms with E-state index in [0.717, 1.165) is 11.3 Å². The molecule has 6 nitrogen and oxygen atoms in total. The number of hydrogen-bond donors (Lipinski definition) is 2. The van der Waals surface area contributed by atoms with Gasteiger partial charge in [0.05, 0.1) is 16.8 Å². The van der Waals surface area contributed by atoms with Crippen molar-refractivity contribution in [3.8, 4) is 0 Å². The maximum absolute atomic E-state index is 12.6. The quantitative estimate of drug-likeness (QED) is 0.690. The van der Waals surface area contributed by atoms with Gasteiger partial charge in [-0.2, -0.15) is 5.10 Å². The van der Waals surface area contributed by atoms with Crippen LogP contribution < -0.4 is 5.32 Å². The van der Waals surface area contributed by atoms with E-state index >= 15 is 0 Å². The summed E-state index contributed by atoms with van der Waals surface area (Å²) in [6.07, 6.45) is 0.352.